The highest BCUT2D eigenvalue weighted by Crippen LogP contribution is 2.44. The summed E-state index contributed by atoms with van der Waals surface area (Å²) in [4.78, 5) is 9.08. The maximum Gasteiger partial charge on any atom is 0.200 e. The van der Waals surface area contributed by atoms with Crippen LogP contribution in [0.5, 0.6) is 0 Å². The molecule has 0 aliphatic heterocycles. The third-order valence-electron chi connectivity index (χ3n) is 2.25. The van der Waals surface area contributed by atoms with Crippen LogP contribution in [-0.2, 0) is 13.7 Å². The van der Waals surface area contributed by atoms with Crippen LogP contribution in [0.15, 0.2) is 0 Å². The van der Waals surface area contributed by atoms with Crippen LogP contribution in [0.3, 0.4) is 0 Å². The molecule has 1 N–H and O–H groups in total. The molecule has 0 aliphatic carbocycles. The van der Waals surface area contributed by atoms with E-state index in [9.17, 15) is 9.13 Å². The highest BCUT2D eigenvalue weighted by Gasteiger charge is 2.16. The normalized spacial score (nSPS) is 19.0. The molecule has 0 radical (unpaired) electrons. The second-order valence-corrected chi connectivity index (χ2v) is 9.69. The fraction of sp³-hybridized carbons (Fsp3) is 1.00. The number of hydrogen-bond donors (Lipinski definition) is 1. The predicted octanol–water partition coefficient (Wildman–Crippen LogP) is 3.39. The van der Waals surface area contributed by atoms with Gasteiger partial charge in [-0.1, -0.05) is 13.3 Å². The first-order chi connectivity index (χ1) is 7.27. The number of hydrogen-bond acceptors (Lipinski definition) is 3. The van der Waals surface area contributed by atoms with Crippen LogP contribution in [0.1, 0.15) is 32.6 Å². The lowest BCUT2D eigenvalue weighted by Gasteiger charge is -2.13. The molecule has 0 aromatic rings. The lowest BCUT2D eigenvalue weighted by atomic mass is 10.4. The van der Waals surface area contributed by atoms with Crippen LogP contribution in [-0.4, -0.2) is 37.2 Å². The maximum absolute atomic E-state index is 11.9. The molecule has 0 fully saturated rings. The summed E-state index contributed by atoms with van der Waals surface area (Å²) in [6, 6.07) is 0. The van der Waals surface area contributed by atoms with Crippen molar-refractivity contribution in [1.82, 2.24) is 0 Å². The van der Waals surface area contributed by atoms with Crippen molar-refractivity contribution in [3.63, 3.8) is 0 Å². The van der Waals surface area contributed by atoms with Gasteiger partial charge < -0.3 is 9.42 Å². The Morgan fingerprint density at radius 2 is 1.62 bits per heavy atom. The maximum atomic E-state index is 11.9. The van der Waals surface area contributed by atoms with Gasteiger partial charge in [0.05, 0.1) is 6.61 Å². The van der Waals surface area contributed by atoms with Gasteiger partial charge in [0.2, 0.25) is 0 Å². The summed E-state index contributed by atoms with van der Waals surface area (Å²) < 4.78 is 28.2. The standard InChI is InChI=1S/C10H24O4P2/c1-4-5-8-14-16(3,13)10-7-6-9-15(2,11)12/h4-10H2,1-3H3,(H,11,12). The molecule has 0 spiro atoms. The average Bonchev–Trinajstić information content (AvgIpc) is 2.11. The molecule has 0 saturated carbocycles. The molecule has 0 aliphatic rings. The molecule has 98 valence electrons. The lowest BCUT2D eigenvalue weighted by molar-refractivity contribution is 0.309. The number of unbranched alkanes of at least 4 members (excludes halogenated alkanes) is 2. The van der Waals surface area contributed by atoms with Crippen molar-refractivity contribution >= 4 is 14.7 Å². The molecule has 16 heavy (non-hydrogen) atoms. The largest absolute Gasteiger partial charge is 0.344 e. The van der Waals surface area contributed by atoms with E-state index in [0.717, 1.165) is 12.8 Å². The van der Waals surface area contributed by atoms with E-state index in [4.69, 9.17) is 9.42 Å². The van der Waals surface area contributed by atoms with E-state index < -0.39 is 14.7 Å². The van der Waals surface area contributed by atoms with Crippen molar-refractivity contribution in [2.45, 2.75) is 32.6 Å². The molecule has 0 aromatic carbocycles. The molecule has 0 bridgehead atoms. The zero-order valence-corrected chi connectivity index (χ0v) is 12.3. The molecule has 0 rings (SSSR count). The van der Waals surface area contributed by atoms with Crippen molar-refractivity contribution in [2.24, 2.45) is 0 Å². The van der Waals surface area contributed by atoms with Crippen molar-refractivity contribution in [2.75, 3.05) is 32.3 Å². The molecule has 4 nitrogen and oxygen atoms in total. The van der Waals surface area contributed by atoms with Gasteiger partial charge in [-0.15, -0.1) is 0 Å². The van der Waals surface area contributed by atoms with E-state index in [1.807, 2.05) is 0 Å². The molecule has 2 atom stereocenters. The summed E-state index contributed by atoms with van der Waals surface area (Å²) in [5.41, 5.74) is 0. The van der Waals surface area contributed by atoms with Crippen molar-refractivity contribution in [3.05, 3.63) is 0 Å². The van der Waals surface area contributed by atoms with Crippen LogP contribution >= 0.6 is 14.7 Å². The summed E-state index contributed by atoms with van der Waals surface area (Å²) in [5, 5.41) is 0. The molecule has 2 unspecified atom stereocenters. The second-order valence-electron chi connectivity index (χ2n) is 4.41. The molecule has 0 amide bonds. The first kappa shape index (κ1) is 16.4. The van der Waals surface area contributed by atoms with Gasteiger partial charge in [-0.3, -0.25) is 9.13 Å². The molecule has 0 heterocycles. The highest BCUT2D eigenvalue weighted by atomic mass is 31.2. The summed E-state index contributed by atoms with van der Waals surface area (Å²) >= 11 is 0. The predicted molar refractivity (Wildman–Crippen MR) is 69.1 cm³/mol. The van der Waals surface area contributed by atoms with Crippen LogP contribution in [0.25, 0.3) is 0 Å². The lowest BCUT2D eigenvalue weighted by Crippen LogP contribution is -1.98. The van der Waals surface area contributed by atoms with Crippen molar-refractivity contribution in [1.29, 1.82) is 0 Å². The van der Waals surface area contributed by atoms with Crippen LogP contribution < -0.4 is 0 Å². The smallest absolute Gasteiger partial charge is 0.200 e. The van der Waals surface area contributed by atoms with E-state index in [1.54, 1.807) is 6.66 Å². The summed E-state index contributed by atoms with van der Waals surface area (Å²) in [7, 11) is -5.38. The Labute approximate surface area is 98.7 Å². The minimum Gasteiger partial charge on any atom is -0.344 e. The Morgan fingerprint density at radius 3 is 2.12 bits per heavy atom. The van der Waals surface area contributed by atoms with E-state index in [2.05, 4.69) is 6.92 Å². The molecular weight excluding hydrogens is 246 g/mol. The Hall–Kier alpha value is 0.380. The van der Waals surface area contributed by atoms with Gasteiger partial charge in [0.1, 0.15) is 0 Å². The van der Waals surface area contributed by atoms with Crippen LogP contribution in [0, 0.1) is 0 Å². The molecule has 0 saturated heterocycles. The monoisotopic (exact) mass is 270 g/mol. The highest BCUT2D eigenvalue weighted by molar-refractivity contribution is 7.58. The fourth-order valence-corrected chi connectivity index (χ4v) is 3.52. The van der Waals surface area contributed by atoms with E-state index >= 15 is 0 Å². The summed E-state index contributed by atoms with van der Waals surface area (Å²) in [5.74, 6) is 0. The van der Waals surface area contributed by atoms with E-state index in [0.29, 0.717) is 31.8 Å². The zero-order valence-electron chi connectivity index (χ0n) is 10.5. The summed E-state index contributed by atoms with van der Waals surface area (Å²) in [6.45, 7) is 5.62. The minimum absolute atomic E-state index is 0.307. The minimum atomic E-state index is -2.90. The molecule has 6 heteroatoms. The van der Waals surface area contributed by atoms with Gasteiger partial charge in [-0.05, 0) is 19.3 Å². The Bertz CT molecular complexity index is 272. The van der Waals surface area contributed by atoms with Gasteiger partial charge in [0, 0.05) is 25.7 Å². The molecule has 0 aromatic heterocycles. The average molecular weight is 270 g/mol. The van der Waals surface area contributed by atoms with E-state index in [1.165, 1.54) is 6.66 Å². The van der Waals surface area contributed by atoms with Gasteiger partial charge >= 0.3 is 0 Å². The van der Waals surface area contributed by atoms with Gasteiger partial charge in [0.15, 0.2) is 14.7 Å². The molecular formula is C10H24O4P2. The second kappa shape index (κ2) is 7.66. The number of rotatable bonds is 9. The quantitative estimate of drug-likeness (QED) is 0.515. The van der Waals surface area contributed by atoms with Crippen LogP contribution in [0.2, 0.25) is 0 Å². The van der Waals surface area contributed by atoms with Gasteiger partial charge in [-0.2, -0.15) is 0 Å². The first-order valence-electron chi connectivity index (χ1n) is 5.77. The summed E-state index contributed by atoms with van der Waals surface area (Å²) in [6.07, 6.45) is 4.11. The van der Waals surface area contributed by atoms with E-state index in [-0.39, 0.29) is 0 Å². The third-order valence-corrected chi connectivity index (χ3v) is 5.25. The Morgan fingerprint density at radius 1 is 1.06 bits per heavy atom. The zero-order chi connectivity index (χ0) is 12.7. The fourth-order valence-electron chi connectivity index (χ4n) is 1.27. The van der Waals surface area contributed by atoms with Crippen molar-refractivity contribution in [3.8, 4) is 0 Å². The third kappa shape index (κ3) is 10.9. The Kier molecular flexibility index (Phi) is 7.84. The first-order valence-corrected chi connectivity index (χ1v) is 10.3. The van der Waals surface area contributed by atoms with Crippen molar-refractivity contribution < 1.29 is 18.5 Å². The topological polar surface area (TPSA) is 63.6 Å². The van der Waals surface area contributed by atoms with Gasteiger partial charge in [-0.25, -0.2) is 0 Å². The SMILES string of the molecule is CCCCOP(C)(=O)CCCCP(C)(=O)O. The Balaban J connectivity index is 3.66. The van der Waals surface area contributed by atoms with Crippen LogP contribution in [0.4, 0.5) is 0 Å². The van der Waals surface area contributed by atoms with Gasteiger partial charge in [0.25, 0.3) is 0 Å².